The van der Waals surface area contributed by atoms with Gasteiger partial charge >= 0.3 is 0 Å². The van der Waals surface area contributed by atoms with Gasteiger partial charge in [-0.1, -0.05) is 0 Å². The number of nitrogens with two attached hydrogens (primary N) is 1. The first-order chi connectivity index (χ1) is 6.74. The number of primary amides is 1. The number of rotatable bonds is 2. The fourth-order valence-electron chi connectivity index (χ4n) is 0.989. The van der Waals surface area contributed by atoms with Crippen LogP contribution in [0.1, 0.15) is 26.7 Å². The SMILES string of the molecule is CC(C)(O)O.COC1CCC(C(N)=O)O1. The van der Waals surface area contributed by atoms with Crippen LogP contribution in [0.25, 0.3) is 0 Å². The fraction of sp³-hybridized carbons (Fsp3) is 0.889. The molecule has 2 atom stereocenters. The second kappa shape index (κ2) is 6.02. The highest BCUT2D eigenvalue weighted by Gasteiger charge is 2.28. The molecule has 0 aromatic rings. The summed E-state index contributed by atoms with van der Waals surface area (Å²) in [5, 5.41) is 16.2. The molecule has 1 fully saturated rings. The first-order valence-corrected chi connectivity index (χ1v) is 4.66. The molecular weight excluding hydrogens is 202 g/mol. The van der Waals surface area contributed by atoms with Crippen LogP contribution in [0.3, 0.4) is 0 Å². The van der Waals surface area contributed by atoms with Crippen molar-refractivity contribution in [2.45, 2.75) is 44.9 Å². The molecule has 0 radical (unpaired) electrons. The van der Waals surface area contributed by atoms with Gasteiger partial charge in [-0.25, -0.2) is 0 Å². The molecule has 1 aliphatic rings. The maximum absolute atomic E-state index is 10.5. The molecule has 2 unspecified atom stereocenters. The van der Waals surface area contributed by atoms with Crippen molar-refractivity contribution in [2.24, 2.45) is 5.73 Å². The second-order valence-corrected chi connectivity index (χ2v) is 3.76. The van der Waals surface area contributed by atoms with E-state index in [0.29, 0.717) is 6.42 Å². The van der Waals surface area contributed by atoms with Crippen LogP contribution in [0.5, 0.6) is 0 Å². The molecule has 0 bridgehead atoms. The van der Waals surface area contributed by atoms with E-state index in [1.807, 2.05) is 0 Å². The van der Waals surface area contributed by atoms with Gasteiger partial charge in [-0.3, -0.25) is 4.79 Å². The normalized spacial score (nSPS) is 25.7. The van der Waals surface area contributed by atoms with E-state index in [9.17, 15) is 4.79 Å². The quantitative estimate of drug-likeness (QED) is 0.537. The van der Waals surface area contributed by atoms with Gasteiger partial charge in [-0.15, -0.1) is 0 Å². The molecule has 1 saturated heterocycles. The average Bonchev–Trinajstić information content (AvgIpc) is 2.48. The molecule has 0 aliphatic carbocycles. The van der Waals surface area contributed by atoms with Gasteiger partial charge in [0.2, 0.25) is 5.91 Å². The van der Waals surface area contributed by atoms with Gasteiger partial charge in [-0.2, -0.15) is 0 Å². The van der Waals surface area contributed by atoms with Gasteiger partial charge in [0.25, 0.3) is 0 Å². The Morgan fingerprint density at radius 2 is 1.93 bits per heavy atom. The largest absolute Gasteiger partial charge is 0.367 e. The molecule has 1 heterocycles. The minimum Gasteiger partial charge on any atom is -0.367 e. The highest BCUT2D eigenvalue weighted by molar-refractivity contribution is 5.79. The van der Waals surface area contributed by atoms with Crippen LogP contribution in [-0.4, -0.2) is 41.4 Å². The van der Waals surface area contributed by atoms with Crippen molar-refractivity contribution in [2.75, 3.05) is 7.11 Å². The van der Waals surface area contributed by atoms with Gasteiger partial charge in [0.1, 0.15) is 6.10 Å². The number of methoxy groups -OCH3 is 1. The molecule has 1 amide bonds. The molecule has 6 heteroatoms. The lowest BCUT2D eigenvalue weighted by atomic mass is 10.2. The summed E-state index contributed by atoms with van der Waals surface area (Å²) >= 11 is 0. The Balaban J connectivity index is 0.000000336. The molecular formula is C9H19NO5. The van der Waals surface area contributed by atoms with E-state index in [0.717, 1.165) is 6.42 Å². The van der Waals surface area contributed by atoms with Crippen molar-refractivity contribution in [3.05, 3.63) is 0 Å². The summed E-state index contributed by atoms with van der Waals surface area (Å²) in [4.78, 5) is 10.5. The van der Waals surface area contributed by atoms with Crippen LogP contribution in [0.2, 0.25) is 0 Å². The number of ether oxygens (including phenoxy) is 2. The lowest BCUT2D eigenvalue weighted by molar-refractivity contribution is -0.145. The van der Waals surface area contributed by atoms with Gasteiger partial charge in [0, 0.05) is 13.5 Å². The van der Waals surface area contributed by atoms with E-state index in [1.54, 1.807) is 7.11 Å². The van der Waals surface area contributed by atoms with Crippen molar-refractivity contribution in [3.63, 3.8) is 0 Å². The fourth-order valence-corrected chi connectivity index (χ4v) is 0.989. The topological polar surface area (TPSA) is 102 Å². The zero-order valence-corrected chi connectivity index (χ0v) is 9.27. The zero-order chi connectivity index (χ0) is 12.1. The van der Waals surface area contributed by atoms with Crippen molar-refractivity contribution < 1.29 is 24.5 Å². The Kier molecular flexibility index (Phi) is 5.74. The van der Waals surface area contributed by atoms with Crippen molar-refractivity contribution >= 4 is 5.91 Å². The number of hydrogen-bond acceptors (Lipinski definition) is 5. The van der Waals surface area contributed by atoms with E-state index in [4.69, 9.17) is 25.4 Å². The maximum Gasteiger partial charge on any atom is 0.246 e. The molecule has 4 N–H and O–H groups in total. The molecule has 0 aromatic heterocycles. The van der Waals surface area contributed by atoms with E-state index < -0.39 is 17.8 Å². The Morgan fingerprint density at radius 3 is 2.13 bits per heavy atom. The maximum atomic E-state index is 10.5. The predicted molar refractivity (Wildman–Crippen MR) is 52.6 cm³/mol. The second-order valence-electron chi connectivity index (χ2n) is 3.76. The third kappa shape index (κ3) is 8.31. The Labute approximate surface area is 89.0 Å². The first-order valence-electron chi connectivity index (χ1n) is 4.66. The van der Waals surface area contributed by atoms with Gasteiger partial charge in [0.15, 0.2) is 12.1 Å². The summed E-state index contributed by atoms with van der Waals surface area (Å²) in [6.45, 7) is 2.60. The number of hydrogen-bond donors (Lipinski definition) is 3. The smallest absolute Gasteiger partial charge is 0.246 e. The van der Waals surface area contributed by atoms with Crippen molar-refractivity contribution in [1.82, 2.24) is 0 Å². The molecule has 6 nitrogen and oxygen atoms in total. The molecule has 90 valence electrons. The third-order valence-electron chi connectivity index (χ3n) is 1.56. The van der Waals surface area contributed by atoms with Crippen molar-refractivity contribution in [3.8, 4) is 0 Å². The summed E-state index contributed by atoms with van der Waals surface area (Å²) in [6.07, 6.45) is 0.750. The Morgan fingerprint density at radius 1 is 1.47 bits per heavy atom. The van der Waals surface area contributed by atoms with Gasteiger partial charge in [0.05, 0.1) is 0 Å². The highest BCUT2D eigenvalue weighted by atomic mass is 16.7. The molecule has 1 rings (SSSR count). The lowest BCUT2D eigenvalue weighted by Crippen LogP contribution is -2.28. The number of amides is 1. The Hall–Kier alpha value is -0.690. The van der Waals surface area contributed by atoms with Crippen LogP contribution in [0.15, 0.2) is 0 Å². The molecule has 0 spiro atoms. The third-order valence-corrected chi connectivity index (χ3v) is 1.56. The molecule has 0 aromatic carbocycles. The summed E-state index contributed by atoms with van der Waals surface area (Å²) < 4.78 is 9.94. The summed E-state index contributed by atoms with van der Waals surface area (Å²) in [5.74, 6) is -1.90. The standard InChI is InChI=1S/C6H11NO3.C3H8O2/c1-9-5-3-2-4(10-5)6(7)8;1-3(2,4)5/h4-5H,2-3H2,1H3,(H2,7,8);4-5H,1-2H3. The number of aliphatic hydroxyl groups is 2. The number of carbonyl (C=O) groups excluding carboxylic acids is 1. The Bertz CT molecular complexity index is 195. The zero-order valence-electron chi connectivity index (χ0n) is 9.27. The van der Waals surface area contributed by atoms with E-state index in [-0.39, 0.29) is 6.29 Å². The minimum atomic E-state index is -1.50. The van der Waals surface area contributed by atoms with E-state index in [2.05, 4.69) is 0 Å². The summed E-state index contributed by atoms with van der Waals surface area (Å²) in [7, 11) is 1.55. The van der Waals surface area contributed by atoms with Gasteiger partial charge in [-0.05, 0) is 20.3 Å². The first kappa shape index (κ1) is 14.3. The number of carbonyl (C=O) groups is 1. The lowest BCUT2D eigenvalue weighted by Gasteiger charge is -2.08. The van der Waals surface area contributed by atoms with E-state index >= 15 is 0 Å². The van der Waals surface area contributed by atoms with Crippen molar-refractivity contribution in [1.29, 1.82) is 0 Å². The predicted octanol–water partition coefficient (Wildman–Crippen LogP) is -0.670. The molecule has 0 saturated carbocycles. The highest BCUT2D eigenvalue weighted by Crippen LogP contribution is 2.19. The molecule has 1 aliphatic heterocycles. The summed E-state index contributed by atoms with van der Waals surface area (Å²) in [5.41, 5.74) is 5.00. The van der Waals surface area contributed by atoms with Gasteiger partial charge < -0.3 is 25.4 Å². The molecule has 15 heavy (non-hydrogen) atoms. The minimum absolute atomic E-state index is 0.238. The van der Waals surface area contributed by atoms with E-state index in [1.165, 1.54) is 13.8 Å². The van der Waals surface area contributed by atoms with Crippen LogP contribution < -0.4 is 5.73 Å². The van der Waals surface area contributed by atoms with Crippen LogP contribution >= 0.6 is 0 Å². The van der Waals surface area contributed by atoms with Crippen LogP contribution in [0, 0.1) is 0 Å². The summed E-state index contributed by atoms with van der Waals surface area (Å²) in [6, 6.07) is 0. The van der Waals surface area contributed by atoms with Crippen LogP contribution in [-0.2, 0) is 14.3 Å². The average molecular weight is 221 g/mol. The monoisotopic (exact) mass is 221 g/mol. The van der Waals surface area contributed by atoms with Crippen LogP contribution in [0.4, 0.5) is 0 Å².